The van der Waals surface area contributed by atoms with Crippen molar-refractivity contribution in [1.29, 1.82) is 0 Å². The molecule has 0 spiro atoms. The van der Waals surface area contributed by atoms with Crippen molar-refractivity contribution in [3.05, 3.63) is 35.4 Å². The van der Waals surface area contributed by atoms with Gasteiger partial charge in [-0.05, 0) is 30.0 Å². The molecule has 0 atom stereocenters. The molecule has 92 valence electrons. The summed E-state index contributed by atoms with van der Waals surface area (Å²) in [5.41, 5.74) is 0.373. The maximum atomic E-state index is 12.2. The molecule has 0 aliphatic heterocycles. The quantitative estimate of drug-likeness (QED) is 0.678. The third-order valence-corrected chi connectivity index (χ3v) is 1.93. The Kier molecular flexibility index (Phi) is 6.16. The SMILES string of the molecule is CC.CC(C)Cc1ccc(C(F)(F)F)cc1. The molecule has 0 saturated heterocycles. The summed E-state index contributed by atoms with van der Waals surface area (Å²) in [6.07, 6.45) is -3.41. The van der Waals surface area contributed by atoms with E-state index in [4.69, 9.17) is 0 Å². The van der Waals surface area contributed by atoms with E-state index in [0.29, 0.717) is 5.92 Å². The molecule has 0 aliphatic rings. The second-order valence-electron chi connectivity index (χ2n) is 3.79. The lowest BCUT2D eigenvalue weighted by atomic mass is 10.0. The molecule has 0 aliphatic carbocycles. The number of hydrogen-bond acceptors (Lipinski definition) is 0. The molecule has 1 aromatic rings. The van der Waals surface area contributed by atoms with Gasteiger partial charge in [-0.2, -0.15) is 13.2 Å². The first-order valence-corrected chi connectivity index (χ1v) is 5.55. The first-order chi connectivity index (χ1) is 7.39. The van der Waals surface area contributed by atoms with E-state index in [1.54, 1.807) is 12.1 Å². The molecule has 1 rings (SSSR count). The van der Waals surface area contributed by atoms with Gasteiger partial charge in [0.05, 0.1) is 5.56 Å². The van der Waals surface area contributed by atoms with Crippen molar-refractivity contribution in [2.24, 2.45) is 5.92 Å². The second-order valence-corrected chi connectivity index (χ2v) is 3.79. The molecule has 0 bridgehead atoms. The van der Waals surface area contributed by atoms with Gasteiger partial charge in [-0.25, -0.2) is 0 Å². The van der Waals surface area contributed by atoms with Crippen LogP contribution in [0.2, 0.25) is 0 Å². The minimum atomic E-state index is -4.23. The molecule has 0 unspecified atom stereocenters. The monoisotopic (exact) mass is 232 g/mol. The van der Waals surface area contributed by atoms with Crippen molar-refractivity contribution >= 4 is 0 Å². The average Bonchev–Trinajstić information content (AvgIpc) is 2.19. The lowest BCUT2D eigenvalue weighted by molar-refractivity contribution is -0.137. The fourth-order valence-corrected chi connectivity index (χ4v) is 1.30. The normalized spacial score (nSPS) is 11.0. The van der Waals surface area contributed by atoms with Crippen molar-refractivity contribution in [1.82, 2.24) is 0 Å². The number of alkyl halides is 3. The second kappa shape index (κ2) is 6.56. The topological polar surface area (TPSA) is 0 Å². The molecular weight excluding hydrogens is 213 g/mol. The Hall–Kier alpha value is -0.990. The highest BCUT2D eigenvalue weighted by molar-refractivity contribution is 5.24. The molecule has 16 heavy (non-hydrogen) atoms. The Balaban J connectivity index is 0.00000106. The molecule has 0 aromatic heterocycles. The number of hydrogen-bond donors (Lipinski definition) is 0. The van der Waals surface area contributed by atoms with Gasteiger partial charge < -0.3 is 0 Å². The predicted octanol–water partition coefficient (Wildman–Crippen LogP) is 4.93. The van der Waals surface area contributed by atoms with Gasteiger partial charge in [-0.15, -0.1) is 0 Å². The van der Waals surface area contributed by atoms with E-state index in [1.807, 2.05) is 27.7 Å². The predicted molar refractivity (Wildman–Crippen MR) is 61.3 cm³/mol. The van der Waals surface area contributed by atoms with Crippen LogP contribution in [-0.4, -0.2) is 0 Å². The van der Waals surface area contributed by atoms with E-state index < -0.39 is 11.7 Å². The van der Waals surface area contributed by atoms with E-state index in [2.05, 4.69) is 0 Å². The summed E-state index contributed by atoms with van der Waals surface area (Å²) in [7, 11) is 0. The van der Waals surface area contributed by atoms with Gasteiger partial charge in [0.1, 0.15) is 0 Å². The summed E-state index contributed by atoms with van der Waals surface area (Å²) in [5.74, 6) is 0.465. The summed E-state index contributed by atoms with van der Waals surface area (Å²) < 4.78 is 36.5. The van der Waals surface area contributed by atoms with Crippen LogP contribution in [0.25, 0.3) is 0 Å². The Morgan fingerprint density at radius 1 is 1.00 bits per heavy atom. The van der Waals surface area contributed by atoms with Crippen LogP contribution in [0.5, 0.6) is 0 Å². The zero-order chi connectivity index (χ0) is 12.8. The van der Waals surface area contributed by atoms with Crippen LogP contribution in [-0.2, 0) is 12.6 Å². The maximum Gasteiger partial charge on any atom is 0.416 e. The number of halogens is 3. The van der Waals surface area contributed by atoms with Crippen LogP contribution < -0.4 is 0 Å². The molecule has 3 heteroatoms. The Labute approximate surface area is 95.5 Å². The summed E-state index contributed by atoms with van der Waals surface area (Å²) in [5, 5.41) is 0. The van der Waals surface area contributed by atoms with Gasteiger partial charge in [0, 0.05) is 0 Å². The van der Waals surface area contributed by atoms with Crippen LogP contribution in [0.15, 0.2) is 24.3 Å². The van der Waals surface area contributed by atoms with Gasteiger partial charge in [-0.3, -0.25) is 0 Å². The minimum absolute atomic E-state index is 0.465. The van der Waals surface area contributed by atoms with Gasteiger partial charge in [0.15, 0.2) is 0 Å². The van der Waals surface area contributed by atoms with E-state index in [1.165, 1.54) is 0 Å². The first-order valence-electron chi connectivity index (χ1n) is 5.55. The van der Waals surface area contributed by atoms with Crippen molar-refractivity contribution < 1.29 is 13.2 Å². The molecule has 0 saturated carbocycles. The molecular formula is C13H19F3. The van der Waals surface area contributed by atoms with Crippen LogP contribution in [0, 0.1) is 5.92 Å². The van der Waals surface area contributed by atoms with Crippen LogP contribution in [0.4, 0.5) is 13.2 Å². The zero-order valence-electron chi connectivity index (χ0n) is 10.2. The lowest BCUT2D eigenvalue weighted by Gasteiger charge is -2.08. The minimum Gasteiger partial charge on any atom is -0.166 e. The smallest absolute Gasteiger partial charge is 0.166 e. The third-order valence-electron chi connectivity index (χ3n) is 1.93. The summed E-state index contributed by atoms with van der Waals surface area (Å²) in [6.45, 7) is 8.08. The fraction of sp³-hybridized carbons (Fsp3) is 0.538. The Morgan fingerprint density at radius 2 is 1.44 bits per heavy atom. The molecule has 0 N–H and O–H groups in total. The highest BCUT2D eigenvalue weighted by Gasteiger charge is 2.29. The number of rotatable bonds is 2. The lowest BCUT2D eigenvalue weighted by Crippen LogP contribution is -2.04. The molecule has 0 radical (unpaired) electrons. The van der Waals surface area contributed by atoms with Gasteiger partial charge in [0.2, 0.25) is 0 Å². The zero-order valence-corrected chi connectivity index (χ0v) is 10.2. The largest absolute Gasteiger partial charge is 0.416 e. The Morgan fingerprint density at radius 3 is 1.75 bits per heavy atom. The standard InChI is InChI=1S/C11H13F3.C2H6/c1-8(2)7-9-3-5-10(6-4-9)11(12,13)14;1-2/h3-6,8H,7H2,1-2H3;1-2H3. The first kappa shape index (κ1) is 15.0. The van der Waals surface area contributed by atoms with Gasteiger partial charge in [0.25, 0.3) is 0 Å². The van der Waals surface area contributed by atoms with E-state index >= 15 is 0 Å². The molecule has 0 heterocycles. The average molecular weight is 232 g/mol. The van der Waals surface area contributed by atoms with Crippen molar-refractivity contribution in [2.45, 2.75) is 40.3 Å². The Bertz CT molecular complexity index is 283. The van der Waals surface area contributed by atoms with Gasteiger partial charge >= 0.3 is 6.18 Å². The highest BCUT2D eigenvalue weighted by atomic mass is 19.4. The molecule has 0 fully saturated rings. The van der Waals surface area contributed by atoms with E-state index in [9.17, 15) is 13.2 Å². The van der Waals surface area contributed by atoms with E-state index in [0.717, 1.165) is 24.1 Å². The van der Waals surface area contributed by atoms with Gasteiger partial charge in [-0.1, -0.05) is 39.8 Å². The van der Waals surface area contributed by atoms with Crippen LogP contribution in [0.3, 0.4) is 0 Å². The molecule has 0 nitrogen and oxygen atoms in total. The highest BCUT2D eigenvalue weighted by Crippen LogP contribution is 2.29. The molecule has 0 amide bonds. The summed E-state index contributed by atoms with van der Waals surface area (Å²) in [4.78, 5) is 0. The van der Waals surface area contributed by atoms with Crippen molar-refractivity contribution in [3.63, 3.8) is 0 Å². The molecule has 1 aromatic carbocycles. The van der Waals surface area contributed by atoms with E-state index in [-0.39, 0.29) is 0 Å². The van der Waals surface area contributed by atoms with Crippen molar-refractivity contribution in [2.75, 3.05) is 0 Å². The number of benzene rings is 1. The third kappa shape index (κ3) is 5.19. The fourth-order valence-electron chi connectivity index (χ4n) is 1.30. The summed E-state index contributed by atoms with van der Waals surface area (Å²) >= 11 is 0. The summed E-state index contributed by atoms with van der Waals surface area (Å²) in [6, 6.07) is 5.36. The van der Waals surface area contributed by atoms with Crippen LogP contribution >= 0.6 is 0 Å². The van der Waals surface area contributed by atoms with Crippen LogP contribution in [0.1, 0.15) is 38.8 Å². The maximum absolute atomic E-state index is 12.2. The van der Waals surface area contributed by atoms with Crippen molar-refractivity contribution in [3.8, 4) is 0 Å².